The van der Waals surface area contributed by atoms with Crippen molar-refractivity contribution >= 4 is 43.1 Å². The third-order valence-corrected chi connectivity index (χ3v) is 10.1. The molecule has 10 rings (SSSR count). The SMILES string of the molecule is c1cc(-c2cc(-c3cccc(-c4cc5ccccc5c5ccccc45)c3)nc(-c3ccc4ccccc4c3)n2)cc(-c2cncc3ccccc23)c1. The molecule has 2 aromatic heterocycles. The van der Waals surface area contributed by atoms with Gasteiger partial charge in [-0.1, -0.05) is 146 Å². The van der Waals surface area contributed by atoms with E-state index in [0.717, 1.165) is 55.5 Å². The Kier molecular flexibility index (Phi) is 7.14. The van der Waals surface area contributed by atoms with Gasteiger partial charge in [-0.05, 0) is 84.7 Å². The normalized spacial score (nSPS) is 11.5. The second-order valence-corrected chi connectivity index (χ2v) is 13.3. The lowest BCUT2D eigenvalue weighted by Gasteiger charge is -2.14. The van der Waals surface area contributed by atoms with Crippen molar-refractivity contribution in [1.29, 1.82) is 0 Å². The highest BCUT2D eigenvalue weighted by molar-refractivity contribution is 6.13. The van der Waals surface area contributed by atoms with Gasteiger partial charge >= 0.3 is 0 Å². The Morgan fingerprint density at radius 1 is 0.288 bits per heavy atom. The molecule has 0 N–H and O–H groups in total. The standard InChI is InChI=1S/C49H31N3/c1-2-12-33-25-39(24-23-32(33)11-1)49-51-47(29-48(52-49)38-18-10-16-35(27-38)46-31-50-30-40-14-4-6-20-42(40)46)37-17-9-15-34(26-37)45-28-36-13-3-5-19-41(36)43-21-7-8-22-44(43)45/h1-31H. The van der Waals surface area contributed by atoms with Crippen LogP contribution >= 0.6 is 0 Å². The zero-order valence-corrected chi connectivity index (χ0v) is 28.2. The molecule has 0 aliphatic heterocycles. The number of fused-ring (bicyclic) bond motifs is 5. The zero-order chi connectivity index (χ0) is 34.4. The van der Waals surface area contributed by atoms with Crippen LogP contribution in [0.2, 0.25) is 0 Å². The van der Waals surface area contributed by atoms with Crippen molar-refractivity contribution in [3.05, 3.63) is 188 Å². The molecule has 8 aromatic carbocycles. The molecule has 0 atom stereocenters. The number of hydrogen-bond donors (Lipinski definition) is 0. The van der Waals surface area contributed by atoms with E-state index in [1.165, 1.54) is 37.9 Å². The molecule has 52 heavy (non-hydrogen) atoms. The summed E-state index contributed by atoms with van der Waals surface area (Å²) in [5, 5.41) is 9.62. The lowest BCUT2D eigenvalue weighted by molar-refractivity contribution is 1.18. The predicted octanol–water partition coefficient (Wildman–Crippen LogP) is 12.8. The summed E-state index contributed by atoms with van der Waals surface area (Å²) in [6.07, 6.45) is 3.87. The van der Waals surface area contributed by atoms with Crippen LogP contribution in [-0.4, -0.2) is 15.0 Å². The van der Waals surface area contributed by atoms with Gasteiger partial charge < -0.3 is 0 Å². The van der Waals surface area contributed by atoms with E-state index in [0.29, 0.717) is 5.82 Å². The highest BCUT2D eigenvalue weighted by Gasteiger charge is 2.15. The van der Waals surface area contributed by atoms with E-state index < -0.39 is 0 Å². The number of nitrogens with zero attached hydrogens (tertiary/aromatic N) is 3. The molecule has 0 fully saturated rings. The lowest BCUT2D eigenvalue weighted by Crippen LogP contribution is -1.96. The van der Waals surface area contributed by atoms with E-state index in [9.17, 15) is 0 Å². The Balaban J connectivity index is 1.15. The fourth-order valence-electron chi connectivity index (χ4n) is 7.53. The minimum Gasteiger partial charge on any atom is -0.263 e. The minimum atomic E-state index is 0.692. The monoisotopic (exact) mass is 661 g/mol. The average molecular weight is 662 g/mol. The quantitative estimate of drug-likeness (QED) is 0.172. The van der Waals surface area contributed by atoms with Crippen molar-refractivity contribution in [2.45, 2.75) is 0 Å². The fourth-order valence-corrected chi connectivity index (χ4v) is 7.53. The zero-order valence-electron chi connectivity index (χ0n) is 28.2. The maximum Gasteiger partial charge on any atom is 0.160 e. The van der Waals surface area contributed by atoms with Crippen molar-refractivity contribution < 1.29 is 0 Å². The molecule has 0 aliphatic carbocycles. The van der Waals surface area contributed by atoms with Crippen LogP contribution in [0.5, 0.6) is 0 Å². The molecule has 3 heteroatoms. The molecule has 0 radical (unpaired) electrons. The summed E-state index contributed by atoms with van der Waals surface area (Å²) < 4.78 is 0. The first-order chi connectivity index (χ1) is 25.7. The number of aromatic nitrogens is 3. The molecule has 242 valence electrons. The smallest absolute Gasteiger partial charge is 0.160 e. The van der Waals surface area contributed by atoms with Crippen molar-refractivity contribution in [2.24, 2.45) is 0 Å². The molecule has 0 aliphatic rings. The van der Waals surface area contributed by atoms with Gasteiger partial charge in [0.05, 0.1) is 11.4 Å². The molecule has 10 aromatic rings. The summed E-state index contributed by atoms with van der Waals surface area (Å²) in [4.78, 5) is 15.1. The van der Waals surface area contributed by atoms with Gasteiger partial charge in [-0.25, -0.2) is 9.97 Å². The first kappa shape index (κ1) is 29.9. The van der Waals surface area contributed by atoms with Crippen LogP contribution in [-0.2, 0) is 0 Å². The van der Waals surface area contributed by atoms with Crippen LogP contribution in [0.15, 0.2) is 188 Å². The lowest BCUT2D eigenvalue weighted by atomic mass is 9.92. The van der Waals surface area contributed by atoms with Crippen LogP contribution < -0.4 is 0 Å². The van der Waals surface area contributed by atoms with Crippen LogP contribution in [0.4, 0.5) is 0 Å². The topological polar surface area (TPSA) is 38.7 Å². The number of pyridine rings is 1. The van der Waals surface area contributed by atoms with Gasteiger partial charge in [0.25, 0.3) is 0 Å². The second-order valence-electron chi connectivity index (χ2n) is 13.3. The van der Waals surface area contributed by atoms with Gasteiger partial charge in [0, 0.05) is 40.0 Å². The van der Waals surface area contributed by atoms with Gasteiger partial charge in [0.1, 0.15) is 0 Å². The molecular formula is C49H31N3. The largest absolute Gasteiger partial charge is 0.263 e. The fraction of sp³-hybridized carbons (Fsp3) is 0. The molecule has 0 spiro atoms. The van der Waals surface area contributed by atoms with E-state index in [2.05, 4.69) is 181 Å². The van der Waals surface area contributed by atoms with Gasteiger partial charge in [0.15, 0.2) is 5.82 Å². The maximum absolute atomic E-state index is 5.25. The molecular weight excluding hydrogens is 631 g/mol. The summed E-state index contributed by atoms with van der Waals surface area (Å²) in [6, 6.07) is 62.4. The van der Waals surface area contributed by atoms with E-state index in [4.69, 9.17) is 9.97 Å². The first-order valence-electron chi connectivity index (χ1n) is 17.6. The van der Waals surface area contributed by atoms with Gasteiger partial charge in [-0.15, -0.1) is 0 Å². The summed E-state index contributed by atoms with van der Waals surface area (Å²) in [5.41, 5.74) is 9.32. The summed E-state index contributed by atoms with van der Waals surface area (Å²) in [7, 11) is 0. The third-order valence-electron chi connectivity index (χ3n) is 10.1. The summed E-state index contributed by atoms with van der Waals surface area (Å²) in [6.45, 7) is 0. The molecule has 0 bridgehead atoms. The van der Waals surface area contributed by atoms with E-state index in [1.54, 1.807) is 0 Å². The van der Waals surface area contributed by atoms with E-state index in [-0.39, 0.29) is 0 Å². The molecule has 3 nitrogen and oxygen atoms in total. The molecule has 0 saturated carbocycles. The average Bonchev–Trinajstić information content (AvgIpc) is 3.23. The Labute approximate surface area is 301 Å². The van der Waals surface area contributed by atoms with Crippen LogP contribution in [0.3, 0.4) is 0 Å². The van der Waals surface area contributed by atoms with Gasteiger partial charge in [0.2, 0.25) is 0 Å². The molecule has 0 amide bonds. The van der Waals surface area contributed by atoms with Crippen molar-refractivity contribution in [3.63, 3.8) is 0 Å². The molecule has 0 unspecified atom stereocenters. The maximum atomic E-state index is 5.25. The van der Waals surface area contributed by atoms with E-state index >= 15 is 0 Å². The summed E-state index contributed by atoms with van der Waals surface area (Å²) >= 11 is 0. The molecule has 2 heterocycles. The number of hydrogen-bond acceptors (Lipinski definition) is 3. The second kappa shape index (κ2) is 12.4. The highest BCUT2D eigenvalue weighted by Crippen LogP contribution is 2.38. The van der Waals surface area contributed by atoms with Crippen LogP contribution in [0, 0.1) is 0 Å². The van der Waals surface area contributed by atoms with Crippen LogP contribution in [0.25, 0.3) is 99.2 Å². The third kappa shape index (κ3) is 5.28. The number of benzene rings is 8. The number of rotatable bonds is 5. The van der Waals surface area contributed by atoms with Crippen LogP contribution in [0.1, 0.15) is 0 Å². The minimum absolute atomic E-state index is 0.692. The Morgan fingerprint density at radius 3 is 1.62 bits per heavy atom. The van der Waals surface area contributed by atoms with Crippen molar-refractivity contribution in [1.82, 2.24) is 15.0 Å². The Hall–Kier alpha value is -6.97. The van der Waals surface area contributed by atoms with Crippen molar-refractivity contribution in [3.8, 4) is 56.2 Å². The Bertz CT molecular complexity index is 2970. The first-order valence-corrected chi connectivity index (χ1v) is 17.6. The highest BCUT2D eigenvalue weighted by atomic mass is 14.9. The van der Waals surface area contributed by atoms with E-state index in [1.807, 2.05) is 12.4 Å². The summed E-state index contributed by atoms with van der Waals surface area (Å²) in [5.74, 6) is 0.692. The van der Waals surface area contributed by atoms with Gasteiger partial charge in [-0.3, -0.25) is 4.98 Å². The Morgan fingerprint density at radius 2 is 0.865 bits per heavy atom. The van der Waals surface area contributed by atoms with Gasteiger partial charge in [-0.2, -0.15) is 0 Å². The predicted molar refractivity (Wildman–Crippen MR) is 217 cm³/mol. The van der Waals surface area contributed by atoms with Crippen molar-refractivity contribution in [2.75, 3.05) is 0 Å². The molecule has 0 saturated heterocycles.